The molecule has 0 radical (unpaired) electrons. The first kappa shape index (κ1) is 14.9. The maximum Gasteiger partial charge on any atom is 0.257 e. The van der Waals surface area contributed by atoms with E-state index < -0.39 is 0 Å². The van der Waals surface area contributed by atoms with Crippen molar-refractivity contribution in [3.8, 4) is 5.75 Å². The smallest absolute Gasteiger partial charge is 0.257 e. The topological polar surface area (TPSA) is 49.9 Å². The number of ether oxygens (including phenoxy) is 1. The molecule has 0 bridgehead atoms. The Morgan fingerprint density at radius 2 is 1.90 bits per heavy atom. The quantitative estimate of drug-likeness (QED) is 0.800. The number of halogens is 2. The van der Waals surface area contributed by atoms with Gasteiger partial charge in [-0.15, -0.1) is 0 Å². The van der Waals surface area contributed by atoms with E-state index in [1.807, 2.05) is 0 Å². The van der Waals surface area contributed by atoms with E-state index in [4.69, 9.17) is 27.9 Å². The van der Waals surface area contributed by atoms with Gasteiger partial charge in [0.1, 0.15) is 5.75 Å². The lowest BCUT2D eigenvalue weighted by molar-refractivity contribution is -0.119. The van der Waals surface area contributed by atoms with Crippen molar-refractivity contribution in [1.82, 2.24) is 9.80 Å². The molecule has 0 saturated carbocycles. The summed E-state index contributed by atoms with van der Waals surface area (Å²) in [6, 6.07) is 3.07. The van der Waals surface area contributed by atoms with E-state index >= 15 is 0 Å². The van der Waals surface area contributed by atoms with Crippen LogP contribution in [0, 0.1) is 0 Å². The second-order valence-corrected chi connectivity index (χ2v) is 5.25. The molecule has 2 rings (SSSR count). The summed E-state index contributed by atoms with van der Waals surface area (Å²) >= 11 is 12.0. The van der Waals surface area contributed by atoms with Gasteiger partial charge in [-0.2, -0.15) is 0 Å². The van der Waals surface area contributed by atoms with Gasteiger partial charge in [0.25, 0.3) is 5.91 Å². The Morgan fingerprint density at radius 1 is 1.25 bits per heavy atom. The van der Waals surface area contributed by atoms with Crippen molar-refractivity contribution in [2.75, 3.05) is 33.3 Å². The van der Waals surface area contributed by atoms with Crippen molar-refractivity contribution in [3.63, 3.8) is 0 Å². The first-order valence-corrected chi connectivity index (χ1v) is 6.84. The van der Waals surface area contributed by atoms with Gasteiger partial charge in [0, 0.05) is 31.2 Å². The molecule has 1 aromatic rings. The molecular formula is C13H14Cl2N2O3. The summed E-state index contributed by atoms with van der Waals surface area (Å²) in [7, 11) is 1.45. The molecule has 0 aromatic heterocycles. The van der Waals surface area contributed by atoms with E-state index in [9.17, 15) is 9.59 Å². The van der Waals surface area contributed by atoms with Gasteiger partial charge in [-0.05, 0) is 12.1 Å². The van der Waals surface area contributed by atoms with Crippen LogP contribution in [0.4, 0.5) is 0 Å². The highest BCUT2D eigenvalue weighted by molar-refractivity contribution is 6.36. The Bertz CT molecular complexity index is 529. The summed E-state index contributed by atoms with van der Waals surface area (Å²) < 4.78 is 5.18. The van der Waals surface area contributed by atoms with Crippen LogP contribution < -0.4 is 4.74 Å². The van der Waals surface area contributed by atoms with Gasteiger partial charge in [0.2, 0.25) is 6.41 Å². The van der Waals surface area contributed by atoms with E-state index in [-0.39, 0.29) is 5.91 Å². The minimum atomic E-state index is -0.197. The number of amides is 2. The zero-order chi connectivity index (χ0) is 14.7. The minimum absolute atomic E-state index is 0.197. The molecule has 1 aliphatic heterocycles. The second kappa shape index (κ2) is 6.33. The minimum Gasteiger partial charge on any atom is -0.494 e. The van der Waals surface area contributed by atoms with Gasteiger partial charge in [-0.3, -0.25) is 9.59 Å². The molecule has 0 spiro atoms. The predicted molar refractivity (Wildman–Crippen MR) is 76.6 cm³/mol. The average molecular weight is 317 g/mol. The van der Waals surface area contributed by atoms with E-state index in [1.165, 1.54) is 13.2 Å². The highest BCUT2D eigenvalue weighted by atomic mass is 35.5. The lowest BCUT2D eigenvalue weighted by Gasteiger charge is -2.32. The van der Waals surface area contributed by atoms with Crippen molar-refractivity contribution < 1.29 is 14.3 Å². The Hall–Kier alpha value is -1.46. The van der Waals surface area contributed by atoms with Crippen molar-refractivity contribution in [2.45, 2.75) is 0 Å². The first-order chi connectivity index (χ1) is 9.56. The fourth-order valence-electron chi connectivity index (χ4n) is 2.13. The molecular weight excluding hydrogens is 303 g/mol. The lowest BCUT2D eigenvalue weighted by atomic mass is 10.1. The molecule has 1 saturated heterocycles. The van der Waals surface area contributed by atoms with E-state index in [2.05, 4.69) is 0 Å². The monoisotopic (exact) mass is 316 g/mol. The molecule has 1 heterocycles. The lowest BCUT2D eigenvalue weighted by Crippen LogP contribution is -2.48. The van der Waals surface area contributed by atoms with Gasteiger partial charge in [0.05, 0.1) is 17.7 Å². The number of piperazine rings is 1. The highest BCUT2D eigenvalue weighted by Crippen LogP contribution is 2.33. The number of methoxy groups -OCH3 is 1. The van der Waals surface area contributed by atoms with Crippen LogP contribution in [0.3, 0.4) is 0 Å². The molecule has 0 N–H and O–H groups in total. The van der Waals surface area contributed by atoms with E-state index in [0.717, 1.165) is 6.41 Å². The molecule has 2 amide bonds. The Labute approximate surface area is 127 Å². The van der Waals surface area contributed by atoms with Crippen LogP contribution in [0.5, 0.6) is 5.75 Å². The molecule has 0 aliphatic carbocycles. The maximum absolute atomic E-state index is 12.5. The number of hydrogen-bond donors (Lipinski definition) is 0. The van der Waals surface area contributed by atoms with Gasteiger partial charge in [0.15, 0.2) is 0 Å². The Morgan fingerprint density at radius 3 is 2.45 bits per heavy atom. The number of nitrogens with zero attached hydrogens (tertiary/aromatic N) is 2. The van der Waals surface area contributed by atoms with Crippen LogP contribution in [0.2, 0.25) is 10.0 Å². The molecule has 7 heteroatoms. The molecule has 1 aromatic carbocycles. The first-order valence-electron chi connectivity index (χ1n) is 6.08. The van der Waals surface area contributed by atoms with Crippen LogP contribution in [0.15, 0.2) is 12.1 Å². The van der Waals surface area contributed by atoms with Crippen molar-refractivity contribution >= 4 is 35.5 Å². The summed E-state index contributed by atoms with van der Waals surface area (Å²) in [6.07, 6.45) is 0.790. The van der Waals surface area contributed by atoms with Crippen molar-refractivity contribution in [2.24, 2.45) is 0 Å². The third kappa shape index (κ3) is 2.99. The zero-order valence-corrected chi connectivity index (χ0v) is 12.4. The number of carbonyl (C=O) groups is 2. The van der Waals surface area contributed by atoms with Crippen LogP contribution in [0.1, 0.15) is 10.4 Å². The fourth-order valence-corrected chi connectivity index (χ4v) is 2.70. The summed E-state index contributed by atoms with van der Waals surface area (Å²) in [5.74, 6) is 0.121. The summed E-state index contributed by atoms with van der Waals surface area (Å²) in [5.41, 5.74) is 0.338. The van der Waals surface area contributed by atoms with Gasteiger partial charge in [-0.1, -0.05) is 23.2 Å². The van der Waals surface area contributed by atoms with Crippen molar-refractivity contribution in [3.05, 3.63) is 27.7 Å². The molecule has 1 fully saturated rings. The fraction of sp³-hybridized carbons (Fsp3) is 0.385. The van der Waals surface area contributed by atoms with E-state index in [0.29, 0.717) is 47.5 Å². The second-order valence-electron chi connectivity index (χ2n) is 4.40. The maximum atomic E-state index is 12.5. The van der Waals surface area contributed by atoms with Crippen molar-refractivity contribution in [1.29, 1.82) is 0 Å². The highest BCUT2D eigenvalue weighted by Gasteiger charge is 2.25. The number of carbonyl (C=O) groups excluding carboxylic acids is 2. The van der Waals surface area contributed by atoms with Gasteiger partial charge in [-0.25, -0.2) is 0 Å². The standard InChI is InChI=1S/C13H14Cl2N2O3/c1-20-12-10(6-9(14)7-11(12)15)13(19)17-4-2-16(8-18)3-5-17/h6-8H,2-5H2,1H3. The number of benzene rings is 1. The van der Waals surface area contributed by atoms with Crippen LogP contribution >= 0.6 is 23.2 Å². The Kier molecular flexibility index (Phi) is 4.73. The molecule has 0 unspecified atom stereocenters. The molecule has 108 valence electrons. The third-order valence-electron chi connectivity index (χ3n) is 3.19. The van der Waals surface area contributed by atoms with Crippen LogP contribution in [0.25, 0.3) is 0 Å². The largest absolute Gasteiger partial charge is 0.494 e. The molecule has 1 aliphatic rings. The summed E-state index contributed by atoms with van der Waals surface area (Å²) in [6.45, 7) is 1.99. The zero-order valence-electron chi connectivity index (χ0n) is 10.9. The normalized spacial score (nSPS) is 15.2. The van der Waals surface area contributed by atoms with Gasteiger partial charge < -0.3 is 14.5 Å². The van der Waals surface area contributed by atoms with Gasteiger partial charge >= 0.3 is 0 Å². The predicted octanol–water partition coefficient (Wildman–Crippen LogP) is 1.92. The van der Waals surface area contributed by atoms with E-state index in [1.54, 1.807) is 15.9 Å². The average Bonchev–Trinajstić information content (AvgIpc) is 2.46. The molecule has 5 nitrogen and oxygen atoms in total. The third-order valence-corrected chi connectivity index (χ3v) is 3.69. The number of rotatable bonds is 3. The molecule has 0 atom stereocenters. The Balaban J connectivity index is 2.23. The molecule has 20 heavy (non-hydrogen) atoms. The summed E-state index contributed by atoms with van der Waals surface area (Å²) in [4.78, 5) is 26.5. The SMILES string of the molecule is COc1c(Cl)cc(Cl)cc1C(=O)N1CCN(C=O)CC1. The van der Waals surface area contributed by atoms with Crippen LogP contribution in [-0.2, 0) is 4.79 Å². The summed E-state index contributed by atoms with van der Waals surface area (Å²) in [5, 5.41) is 0.681. The number of hydrogen-bond acceptors (Lipinski definition) is 3. The van der Waals surface area contributed by atoms with Crippen LogP contribution in [-0.4, -0.2) is 55.4 Å².